The largest absolute Gasteiger partial charge is 0.460 e. The number of ether oxygens (including phenoxy) is 1. The van der Waals surface area contributed by atoms with Gasteiger partial charge in [-0.1, -0.05) is 26.0 Å². The molecule has 0 aromatic heterocycles. The first-order valence-corrected chi connectivity index (χ1v) is 11.4. The van der Waals surface area contributed by atoms with Crippen LogP contribution in [0.1, 0.15) is 72.8 Å². The van der Waals surface area contributed by atoms with Gasteiger partial charge in [0.15, 0.2) is 5.78 Å². The molecule has 1 aliphatic carbocycles. The van der Waals surface area contributed by atoms with Gasteiger partial charge in [-0.15, -0.1) is 0 Å². The van der Waals surface area contributed by atoms with Crippen LogP contribution in [0, 0.1) is 5.41 Å². The smallest absolute Gasteiger partial charge is 0.337 e. The molecule has 5 heteroatoms. The third-order valence-electron chi connectivity index (χ3n) is 6.16. The molecule has 0 bridgehead atoms. The van der Waals surface area contributed by atoms with E-state index in [0.29, 0.717) is 12.0 Å². The van der Waals surface area contributed by atoms with Crippen molar-refractivity contribution in [3.63, 3.8) is 0 Å². The Balaban J connectivity index is 2.11. The minimum absolute atomic E-state index is 0.101. The molecule has 1 aromatic rings. The first kappa shape index (κ1) is 23.1. The zero-order chi connectivity index (χ0) is 22.9. The highest BCUT2D eigenvalue weighted by molar-refractivity contribution is 6.04. The van der Waals surface area contributed by atoms with Crippen molar-refractivity contribution >= 4 is 17.4 Å². The number of nitrogens with zero attached hydrogens (tertiary/aromatic N) is 1. The zero-order valence-corrected chi connectivity index (χ0v) is 20.0. The molecule has 0 fully saturated rings. The van der Waals surface area contributed by atoms with Crippen molar-refractivity contribution in [3.05, 3.63) is 52.4 Å². The summed E-state index contributed by atoms with van der Waals surface area (Å²) in [6.45, 7) is 16.0. The summed E-state index contributed by atoms with van der Waals surface area (Å²) in [5.41, 5.74) is 4.96. The summed E-state index contributed by atoms with van der Waals surface area (Å²) < 4.78 is 5.59. The molecule has 0 amide bonds. The lowest BCUT2D eigenvalue weighted by molar-refractivity contribution is -0.143. The fourth-order valence-electron chi connectivity index (χ4n) is 4.78. The quantitative estimate of drug-likeness (QED) is 0.645. The molecule has 168 valence electrons. The van der Waals surface area contributed by atoms with Gasteiger partial charge in [-0.05, 0) is 64.2 Å². The van der Waals surface area contributed by atoms with E-state index in [-0.39, 0.29) is 23.3 Å². The van der Waals surface area contributed by atoms with Crippen molar-refractivity contribution in [1.29, 1.82) is 0 Å². The number of rotatable bonds is 6. The van der Waals surface area contributed by atoms with Crippen LogP contribution in [0.4, 0.5) is 5.69 Å². The van der Waals surface area contributed by atoms with Crippen molar-refractivity contribution < 1.29 is 14.3 Å². The Kier molecular flexibility index (Phi) is 6.63. The summed E-state index contributed by atoms with van der Waals surface area (Å²) in [6, 6.07) is 8.28. The molecular formula is C26H36N2O3. The molecule has 3 rings (SSSR count). The normalized spacial score (nSPS) is 20.5. The topological polar surface area (TPSA) is 58.6 Å². The molecule has 0 radical (unpaired) electrons. The third kappa shape index (κ3) is 4.70. The van der Waals surface area contributed by atoms with Crippen LogP contribution in [0.5, 0.6) is 0 Å². The zero-order valence-electron chi connectivity index (χ0n) is 20.0. The average Bonchev–Trinajstić information content (AvgIpc) is 2.66. The van der Waals surface area contributed by atoms with Gasteiger partial charge in [-0.2, -0.15) is 0 Å². The van der Waals surface area contributed by atoms with Crippen molar-refractivity contribution in [2.24, 2.45) is 5.41 Å². The molecule has 1 aromatic carbocycles. The highest BCUT2D eigenvalue weighted by atomic mass is 16.5. The van der Waals surface area contributed by atoms with Crippen molar-refractivity contribution in [2.45, 2.75) is 73.3 Å². The second-order valence-electron chi connectivity index (χ2n) is 9.65. The monoisotopic (exact) mass is 424 g/mol. The minimum atomic E-state index is -0.406. The van der Waals surface area contributed by atoms with Gasteiger partial charge in [-0.25, -0.2) is 4.79 Å². The minimum Gasteiger partial charge on any atom is -0.460 e. The van der Waals surface area contributed by atoms with E-state index < -0.39 is 5.92 Å². The van der Waals surface area contributed by atoms with E-state index in [1.165, 1.54) is 0 Å². The highest BCUT2D eigenvalue weighted by Gasteiger charge is 2.43. The fraction of sp³-hybridized carbons (Fsp3) is 0.538. The van der Waals surface area contributed by atoms with Gasteiger partial charge in [0.25, 0.3) is 0 Å². The van der Waals surface area contributed by atoms with Crippen molar-refractivity contribution in [2.75, 3.05) is 18.0 Å². The molecular weight excluding hydrogens is 388 g/mol. The van der Waals surface area contributed by atoms with Gasteiger partial charge in [-0.3, -0.25) is 4.79 Å². The number of anilines is 1. The molecule has 0 spiro atoms. The molecule has 0 unspecified atom stereocenters. The first-order chi connectivity index (χ1) is 14.6. The fourth-order valence-corrected chi connectivity index (χ4v) is 4.78. The van der Waals surface area contributed by atoms with Crippen LogP contribution >= 0.6 is 0 Å². The lowest BCUT2D eigenvalue weighted by Gasteiger charge is -2.39. The van der Waals surface area contributed by atoms with Crippen LogP contribution in [-0.4, -0.2) is 30.9 Å². The highest BCUT2D eigenvalue weighted by Crippen LogP contribution is 2.47. The predicted octanol–water partition coefficient (Wildman–Crippen LogP) is 5.09. The Labute approximate surface area is 186 Å². The molecule has 31 heavy (non-hydrogen) atoms. The standard InChI is InChI=1S/C26H36N2O3/c1-8-28(9-2)19-12-10-18(11-13-19)23-22(25(30)31-16(3)4)17(5)27-20-14-26(6,7)15-21(29)24(20)23/h10-13,16,23,27H,8-9,14-15H2,1-7H3/t23-/m0/s1. The van der Waals surface area contributed by atoms with Gasteiger partial charge in [0.2, 0.25) is 0 Å². The van der Waals surface area contributed by atoms with Crippen LogP contribution in [0.15, 0.2) is 46.8 Å². The molecule has 1 atom stereocenters. The maximum atomic E-state index is 13.3. The van der Waals surface area contributed by atoms with E-state index in [4.69, 9.17) is 4.74 Å². The van der Waals surface area contributed by atoms with E-state index in [1.54, 1.807) is 0 Å². The summed E-state index contributed by atoms with van der Waals surface area (Å²) in [5.74, 6) is -0.655. The number of benzene rings is 1. The number of hydrogen-bond acceptors (Lipinski definition) is 5. The summed E-state index contributed by atoms with van der Waals surface area (Å²) in [4.78, 5) is 28.7. The number of Topliss-reactive ketones (excluding diaryl/α,β-unsaturated/α-hetero) is 1. The van der Waals surface area contributed by atoms with E-state index in [1.807, 2.05) is 20.8 Å². The molecule has 1 aliphatic heterocycles. The van der Waals surface area contributed by atoms with E-state index >= 15 is 0 Å². The molecule has 0 saturated heterocycles. The van der Waals surface area contributed by atoms with Gasteiger partial charge < -0.3 is 15.0 Å². The lowest BCUT2D eigenvalue weighted by atomic mass is 9.68. The van der Waals surface area contributed by atoms with E-state index in [9.17, 15) is 9.59 Å². The van der Waals surface area contributed by atoms with E-state index in [2.05, 4.69) is 62.2 Å². The summed E-state index contributed by atoms with van der Waals surface area (Å²) in [7, 11) is 0. The number of ketones is 1. The van der Waals surface area contributed by atoms with Gasteiger partial charge >= 0.3 is 5.97 Å². The van der Waals surface area contributed by atoms with Gasteiger partial charge in [0, 0.05) is 48.1 Å². The number of allylic oxidation sites excluding steroid dienone is 3. The van der Waals surface area contributed by atoms with Crippen LogP contribution in [0.25, 0.3) is 0 Å². The molecule has 1 N–H and O–H groups in total. The maximum absolute atomic E-state index is 13.3. The second kappa shape index (κ2) is 8.89. The molecule has 5 nitrogen and oxygen atoms in total. The third-order valence-corrected chi connectivity index (χ3v) is 6.16. The number of dihydropyridines is 1. The molecule has 1 heterocycles. The predicted molar refractivity (Wildman–Crippen MR) is 125 cm³/mol. The van der Waals surface area contributed by atoms with Crippen molar-refractivity contribution in [1.82, 2.24) is 5.32 Å². The average molecular weight is 425 g/mol. The molecule has 2 aliphatic rings. The second-order valence-corrected chi connectivity index (χ2v) is 9.65. The van der Waals surface area contributed by atoms with Crippen LogP contribution < -0.4 is 10.2 Å². The number of carbonyl (C=O) groups excluding carboxylic acids is 2. The van der Waals surface area contributed by atoms with Gasteiger partial charge in [0.1, 0.15) is 0 Å². The summed E-state index contributed by atoms with van der Waals surface area (Å²) >= 11 is 0. The Morgan fingerprint density at radius 1 is 1.16 bits per heavy atom. The van der Waals surface area contributed by atoms with Crippen LogP contribution in [0.3, 0.4) is 0 Å². The Hall–Kier alpha value is -2.56. The van der Waals surface area contributed by atoms with E-state index in [0.717, 1.165) is 47.7 Å². The number of hydrogen-bond donors (Lipinski definition) is 1. The first-order valence-electron chi connectivity index (χ1n) is 11.4. The lowest BCUT2D eigenvalue weighted by Crippen LogP contribution is -2.39. The van der Waals surface area contributed by atoms with Gasteiger partial charge in [0.05, 0.1) is 11.7 Å². The van der Waals surface area contributed by atoms with Crippen molar-refractivity contribution in [3.8, 4) is 0 Å². The molecule has 0 saturated carbocycles. The summed E-state index contributed by atoms with van der Waals surface area (Å²) in [5, 5.41) is 3.39. The number of carbonyl (C=O) groups is 2. The number of nitrogens with one attached hydrogen (secondary N) is 1. The SMILES string of the molecule is CCN(CC)c1ccc([C@H]2C(C(=O)OC(C)C)=C(C)NC3=C2C(=O)CC(C)(C)C3)cc1. The Morgan fingerprint density at radius 2 is 1.77 bits per heavy atom. The Morgan fingerprint density at radius 3 is 2.32 bits per heavy atom. The number of esters is 1. The summed E-state index contributed by atoms with van der Waals surface area (Å²) in [6.07, 6.45) is 1.04. The van der Waals surface area contributed by atoms with Crippen LogP contribution in [-0.2, 0) is 14.3 Å². The Bertz CT molecular complexity index is 918. The van der Waals surface area contributed by atoms with Crippen LogP contribution in [0.2, 0.25) is 0 Å². The maximum Gasteiger partial charge on any atom is 0.337 e.